The van der Waals surface area contributed by atoms with Crippen LogP contribution < -0.4 is 10.1 Å². The number of carbonyl (C=O) groups excluding carboxylic acids is 1. The molecule has 0 unspecified atom stereocenters. The lowest BCUT2D eigenvalue weighted by molar-refractivity contribution is 0.0960. The third kappa shape index (κ3) is 5.85. The van der Waals surface area contributed by atoms with Crippen molar-refractivity contribution in [3.05, 3.63) is 29.8 Å². The topological polar surface area (TPSA) is 69.2 Å². The van der Waals surface area contributed by atoms with Crippen LogP contribution in [0.3, 0.4) is 0 Å². The summed E-state index contributed by atoms with van der Waals surface area (Å²) >= 11 is 0. The van der Waals surface area contributed by atoms with Crippen molar-refractivity contribution in [1.82, 2.24) is 5.32 Å². The summed E-state index contributed by atoms with van der Waals surface area (Å²) in [5.41, 5.74) is 0.522. The van der Waals surface area contributed by atoms with Gasteiger partial charge >= 0.3 is 0 Å². The lowest BCUT2D eigenvalue weighted by atomic mass is 10.2. The summed E-state index contributed by atoms with van der Waals surface area (Å²) in [4.78, 5) is 16.7. The van der Waals surface area contributed by atoms with E-state index in [2.05, 4.69) is 10.3 Å². The summed E-state index contributed by atoms with van der Waals surface area (Å²) in [7, 11) is 1.59. The lowest BCUT2D eigenvalue weighted by Crippen LogP contribution is -2.34. The molecule has 1 aromatic rings. The Kier molecular flexibility index (Phi) is 7.06. The molecule has 1 N–H and O–H groups in total. The highest BCUT2D eigenvalue weighted by Gasteiger charge is 2.16. The second-order valence-electron chi connectivity index (χ2n) is 6.17. The Labute approximate surface area is 143 Å². The Bertz CT molecular complexity index is 549. The van der Waals surface area contributed by atoms with Crippen molar-refractivity contribution in [3.8, 4) is 5.75 Å². The molecule has 1 fully saturated rings. The second kappa shape index (κ2) is 9.27. The van der Waals surface area contributed by atoms with Crippen LogP contribution >= 0.6 is 0 Å². The molecular formula is C18H26N2O4. The van der Waals surface area contributed by atoms with Gasteiger partial charge in [-0.25, -0.2) is 4.99 Å². The van der Waals surface area contributed by atoms with Crippen LogP contribution in [-0.2, 0) is 9.47 Å². The van der Waals surface area contributed by atoms with Gasteiger partial charge in [0.05, 0.1) is 26.4 Å². The fourth-order valence-electron chi connectivity index (χ4n) is 2.25. The molecule has 1 heterocycles. The van der Waals surface area contributed by atoms with Crippen molar-refractivity contribution in [2.24, 2.45) is 10.9 Å². The molecule has 1 amide bonds. The van der Waals surface area contributed by atoms with E-state index in [9.17, 15) is 4.79 Å². The van der Waals surface area contributed by atoms with Gasteiger partial charge in [0.1, 0.15) is 5.75 Å². The minimum atomic E-state index is -0.257. The number of methoxy groups -OCH3 is 1. The molecule has 1 aliphatic rings. The van der Waals surface area contributed by atoms with Crippen LogP contribution in [0.1, 0.15) is 37.0 Å². The summed E-state index contributed by atoms with van der Waals surface area (Å²) in [5, 5.41) is 2.74. The van der Waals surface area contributed by atoms with Crippen LogP contribution in [0.2, 0.25) is 0 Å². The first kappa shape index (κ1) is 18.3. The standard InChI is InChI=1S/C18H26N2O4/c1-13(2)12-24-18(19-11-16-5-4-10-23-16)20-17(21)14-6-8-15(22-3)9-7-14/h6-9,13,16H,4-5,10-12H2,1-3H3,(H,19,20,21)/t16-/m1/s1. The number of ether oxygens (including phenoxy) is 3. The first-order chi connectivity index (χ1) is 11.6. The minimum absolute atomic E-state index is 0.112. The highest BCUT2D eigenvalue weighted by Crippen LogP contribution is 2.13. The molecule has 1 saturated heterocycles. The second-order valence-corrected chi connectivity index (χ2v) is 6.17. The smallest absolute Gasteiger partial charge is 0.291 e. The third-order valence-electron chi connectivity index (χ3n) is 3.59. The van der Waals surface area contributed by atoms with E-state index < -0.39 is 0 Å². The average Bonchev–Trinajstić information content (AvgIpc) is 3.10. The van der Waals surface area contributed by atoms with Gasteiger partial charge in [-0.15, -0.1) is 0 Å². The van der Waals surface area contributed by atoms with Crippen LogP contribution in [0.4, 0.5) is 0 Å². The zero-order valence-electron chi connectivity index (χ0n) is 14.6. The van der Waals surface area contributed by atoms with Gasteiger partial charge < -0.3 is 14.2 Å². The number of aliphatic imine (C=N–C) groups is 1. The van der Waals surface area contributed by atoms with Crippen molar-refractivity contribution in [2.45, 2.75) is 32.8 Å². The summed E-state index contributed by atoms with van der Waals surface area (Å²) in [6, 6.07) is 7.14. The SMILES string of the molecule is COc1ccc(C(=O)NC(=NC[C@H]2CCCO2)OCC(C)C)cc1. The molecule has 24 heavy (non-hydrogen) atoms. The van der Waals surface area contributed by atoms with Gasteiger partial charge in [-0.3, -0.25) is 10.1 Å². The predicted octanol–water partition coefficient (Wildman–Crippen LogP) is 2.63. The fraction of sp³-hybridized carbons (Fsp3) is 0.556. The number of hydrogen-bond acceptors (Lipinski definition) is 5. The number of nitrogens with one attached hydrogen (secondary N) is 1. The molecule has 6 nitrogen and oxygen atoms in total. The average molecular weight is 334 g/mol. The first-order valence-electron chi connectivity index (χ1n) is 8.32. The van der Waals surface area contributed by atoms with Crippen molar-refractivity contribution >= 4 is 11.9 Å². The molecule has 0 saturated carbocycles. The van der Waals surface area contributed by atoms with Crippen LogP contribution in [-0.4, -0.2) is 44.9 Å². The van der Waals surface area contributed by atoms with Gasteiger partial charge in [-0.05, 0) is 43.0 Å². The van der Waals surface area contributed by atoms with Crippen molar-refractivity contribution in [1.29, 1.82) is 0 Å². The summed E-state index contributed by atoms with van der Waals surface area (Å²) in [6.07, 6.45) is 2.16. The highest BCUT2D eigenvalue weighted by atomic mass is 16.5. The zero-order chi connectivity index (χ0) is 17.4. The summed E-state index contributed by atoms with van der Waals surface area (Å²) in [5.74, 6) is 0.790. The fourth-order valence-corrected chi connectivity index (χ4v) is 2.25. The summed E-state index contributed by atoms with van der Waals surface area (Å²) in [6.45, 7) is 5.86. The highest BCUT2D eigenvalue weighted by molar-refractivity contribution is 6.04. The Balaban J connectivity index is 1.98. The van der Waals surface area contributed by atoms with E-state index >= 15 is 0 Å². The normalized spacial score (nSPS) is 17.8. The number of amidine groups is 1. The Morgan fingerprint density at radius 3 is 2.71 bits per heavy atom. The third-order valence-corrected chi connectivity index (χ3v) is 3.59. The predicted molar refractivity (Wildman–Crippen MR) is 92.5 cm³/mol. The number of benzene rings is 1. The van der Waals surface area contributed by atoms with E-state index in [-0.39, 0.29) is 18.0 Å². The Hall–Kier alpha value is -2.08. The number of nitrogens with zero attached hydrogens (tertiary/aromatic N) is 1. The monoisotopic (exact) mass is 334 g/mol. The van der Waals surface area contributed by atoms with E-state index in [1.807, 2.05) is 13.8 Å². The number of hydrogen-bond donors (Lipinski definition) is 1. The maximum atomic E-state index is 12.4. The van der Waals surface area contributed by atoms with Gasteiger partial charge in [0.25, 0.3) is 11.9 Å². The van der Waals surface area contributed by atoms with Gasteiger partial charge in [0.15, 0.2) is 0 Å². The molecule has 6 heteroatoms. The molecule has 132 valence electrons. The number of amides is 1. The zero-order valence-corrected chi connectivity index (χ0v) is 14.6. The minimum Gasteiger partial charge on any atom is -0.497 e. The van der Waals surface area contributed by atoms with Gasteiger partial charge in [0.2, 0.25) is 0 Å². The van der Waals surface area contributed by atoms with E-state index in [1.165, 1.54) is 0 Å². The quantitative estimate of drug-likeness (QED) is 0.641. The molecule has 0 aliphatic carbocycles. The molecule has 0 radical (unpaired) electrons. The lowest BCUT2D eigenvalue weighted by Gasteiger charge is -2.14. The van der Waals surface area contributed by atoms with Gasteiger partial charge in [-0.1, -0.05) is 13.8 Å². The Morgan fingerprint density at radius 1 is 1.38 bits per heavy atom. The van der Waals surface area contributed by atoms with Gasteiger partial charge in [-0.2, -0.15) is 0 Å². The van der Waals surface area contributed by atoms with Crippen molar-refractivity contribution < 1.29 is 19.0 Å². The van der Waals surface area contributed by atoms with Gasteiger partial charge in [0, 0.05) is 12.2 Å². The largest absolute Gasteiger partial charge is 0.497 e. The van der Waals surface area contributed by atoms with Crippen LogP contribution in [0.15, 0.2) is 29.3 Å². The number of rotatable bonds is 6. The van der Waals surface area contributed by atoms with Crippen LogP contribution in [0.5, 0.6) is 5.75 Å². The molecule has 1 atom stereocenters. The van der Waals surface area contributed by atoms with Crippen LogP contribution in [0.25, 0.3) is 0 Å². The molecule has 0 aromatic heterocycles. The maximum Gasteiger partial charge on any atom is 0.291 e. The van der Waals surface area contributed by atoms with E-state index in [0.717, 1.165) is 19.4 Å². The van der Waals surface area contributed by atoms with Crippen molar-refractivity contribution in [2.75, 3.05) is 26.9 Å². The first-order valence-corrected chi connectivity index (χ1v) is 8.32. The molecule has 2 rings (SSSR count). The molecule has 1 aromatic carbocycles. The molecule has 0 spiro atoms. The molecular weight excluding hydrogens is 308 g/mol. The Morgan fingerprint density at radius 2 is 2.12 bits per heavy atom. The van der Waals surface area contributed by atoms with Crippen LogP contribution in [0, 0.1) is 5.92 Å². The van der Waals surface area contributed by atoms with E-state index in [0.29, 0.717) is 30.4 Å². The maximum absolute atomic E-state index is 12.4. The molecule has 0 bridgehead atoms. The molecule has 1 aliphatic heterocycles. The van der Waals surface area contributed by atoms with E-state index in [4.69, 9.17) is 14.2 Å². The van der Waals surface area contributed by atoms with E-state index in [1.54, 1.807) is 31.4 Å². The number of carbonyl (C=O) groups is 1. The summed E-state index contributed by atoms with van der Waals surface area (Å²) < 4.78 is 16.3. The van der Waals surface area contributed by atoms with Crippen molar-refractivity contribution in [3.63, 3.8) is 0 Å².